The van der Waals surface area contributed by atoms with Crippen molar-refractivity contribution < 1.29 is 9.90 Å². The average molecular weight is 323 g/mol. The second-order valence-corrected chi connectivity index (χ2v) is 5.39. The predicted molar refractivity (Wildman–Crippen MR) is 84.0 cm³/mol. The molecule has 1 atom stereocenters. The standard InChI is InChI=1S/C14H22N2O2.2ClH/c1-11(14(17)18)13-9-16(10-15-13)8-7-12-5-3-2-4-6-12;;/h9-12H,2-8H2,1H3,(H,17,18);2*1H. The van der Waals surface area contributed by atoms with Gasteiger partial charge in [0.05, 0.1) is 17.9 Å². The summed E-state index contributed by atoms with van der Waals surface area (Å²) in [6.45, 7) is 2.64. The lowest BCUT2D eigenvalue weighted by Gasteiger charge is -2.21. The Morgan fingerprint density at radius 1 is 1.40 bits per heavy atom. The molecule has 1 saturated carbocycles. The van der Waals surface area contributed by atoms with E-state index in [1.165, 1.54) is 38.5 Å². The number of aromatic nitrogens is 2. The van der Waals surface area contributed by atoms with E-state index < -0.39 is 11.9 Å². The number of aryl methyl sites for hydroxylation is 1. The Labute approximate surface area is 132 Å². The monoisotopic (exact) mass is 322 g/mol. The molecule has 0 aromatic carbocycles. The highest BCUT2D eigenvalue weighted by Gasteiger charge is 2.17. The highest BCUT2D eigenvalue weighted by atomic mass is 35.5. The van der Waals surface area contributed by atoms with E-state index in [-0.39, 0.29) is 24.8 Å². The number of carboxylic acid groups (broad SMARTS) is 1. The number of hydrogen-bond acceptors (Lipinski definition) is 2. The zero-order chi connectivity index (χ0) is 13.0. The molecule has 0 bridgehead atoms. The Morgan fingerprint density at radius 3 is 2.65 bits per heavy atom. The number of rotatable bonds is 5. The molecule has 1 heterocycles. The number of halogens is 2. The summed E-state index contributed by atoms with van der Waals surface area (Å²) in [5, 5.41) is 8.93. The Balaban J connectivity index is 0.00000180. The van der Waals surface area contributed by atoms with Gasteiger partial charge in [-0.3, -0.25) is 4.79 Å². The SMILES string of the molecule is CC(C(=O)O)c1cn(CCC2CCCCC2)cn1.Cl.Cl. The van der Waals surface area contributed by atoms with Crippen LogP contribution < -0.4 is 0 Å². The number of carbonyl (C=O) groups is 1. The van der Waals surface area contributed by atoms with E-state index in [1.54, 1.807) is 13.3 Å². The highest BCUT2D eigenvalue weighted by molar-refractivity contribution is 5.85. The summed E-state index contributed by atoms with van der Waals surface area (Å²) in [5.74, 6) is -0.477. The zero-order valence-corrected chi connectivity index (χ0v) is 13.5. The number of hydrogen-bond donors (Lipinski definition) is 1. The van der Waals surface area contributed by atoms with E-state index in [1.807, 2.05) is 10.8 Å². The van der Waals surface area contributed by atoms with E-state index in [4.69, 9.17) is 5.11 Å². The fourth-order valence-corrected chi connectivity index (χ4v) is 2.66. The van der Waals surface area contributed by atoms with Crippen LogP contribution in [0.1, 0.15) is 57.1 Å². The molecule has 2 rings (SSSR count). The fourth-order valence-electron chi connectivity index (χ4n) is 2.66. The minimum atomic E-state index is -0.812. The van der Waals surface area contributed by atoms with Crippen molar-refractivity contribution in [2.45, 2.75) is 57.9 Å². The predicted octanol–water partition coefficient (Wildman–Crippen LogP) is 3.89. The van der Waals surface area contributed by atoms with E-state index in [0.717, 1.165) is 12.5 Å². The molecular formula is C14H24Cl2N2O2. The van der Waals surface area contributed by atoms with Gasteiger partial charge in [-0.25, -0.2) is 4.98 Å². The van der Waals surface area contributed by atoms with Crippen molar-refractivity contribution in [2.24, 2.45) is 5.92 Å². The van der Waals surface area contributed by atoms with E-state index in [0.29, 0.717) is 5.69 Å². The molecule has 1 fully saturated rings. The maximum absolute atomic E-state index is 10.9. The van der Waals surface area contributed by atoms with Crippen LogP contribution in [0.25, 0.3) is 0 Å². The molecular weight excluding hydrogens is 299 g/mol. The Hall–Kier alpha value is -0.740. The lowest BCUT2D eigenvalue weighted by Crippen LogP contribution is -2.10. The minimum absolute atomic E-state index is 0. The van der Waals surface area contributed by atoms with Gasteiger partial charge in [-0.15, -0.1) is 24.8 Å². The van der Waals surface area contributed by atoms with Crippen molar-refractivity contribution in [1.82, 2.24) is 9.55 Å². The van der Waals surface area contributed by atoms with Crippen molar-refractivity contribution in [3.05, 3.63) is 18.2 Å². The maximum atomic E-state index is 10.9. The lowest BCUT2D eigenvalue weighted by atomic mass is 9.87. The van der Waals surface area contributed by atoms with Crippen LogP contribution in [0.15, 0.2) is 12.5 Å². The summed E-state index contributed by atoms with van der Waals surface area (Å²) >= 11 is 0. The van der Waals surface area contributed by atoms with Gasteiger partial charge in [0.25, 0.3) is 0 Å². The molecule has 116 valence electrons. The Morgan fingerprint density at radius 2 is 2.05 bits per heavy atom. The fraction of sp³-hybridized carbons (Fsp3) is 0.714. The van der Waals surface area contributed by atoms with Crippen LogP contribution in [-0.2, 0) is 11.3 Å². The van der Waals surface area contributed by atoms with Gasteiger partial charge in [0.15, 0.2) is 0 Å². The van der Waals surface area contributed by atoms with Gasteiger partial charge in [0.1, 0.15) is 0 Å². The second-order valence-electron chi connectivity index (χ2n) is 5.39. The van der Waals surface area contributed by atoms with Gasteiger partial charge in [-0.2, -0.15) is 0 Å². The van der Waals surface area contributed by atoms with Gasteiger partial charge < -0.3 is 9.67 Å². The zero-order valence-electron chi connectivity index (χ0n) is 11.8. The van der Waals surface area contributed by atoms with Crippen molar-refractivity contribution in [3.63, 3.8) is 0 Å². The molecule has 1 aromatic rings. The van der Waals surface area contributed by atoms with Crippen LogP contribution in [0.5, 0.6) is 0 Å². The molecule has 1 aromatic heterocycles. The molecule has 1 unspecified atom stereocenters. The smallest absolute Gasteiger partial charge is 0.312 e. The molecule has 0 amide bonds. The Kier molecular flexibility index (Phi) is 8.90. The van der Waals surface area contributed by atoms with Gasteiger partial charge in [-0.05, 0) is 19.3 Å². The molecule has 4 nitrogen and oxygen atoms in total. The van der Waals surface area contributed by atoms with Crippen LogP contribution in [0, 0.1) is 5.92 Å². The average Bonchev–Trinajstić information content (AvgIpc) is 2.85. The summed E-state index contributed by atoms with van der Waals surface area (Å²) in [6.07, 6.45) is 11.7. The Bertz CT molecular complexity index is 404. The summed E-state index contributed by atoms with van der Waals surface area (Å²) in [4.78, 5) is 15.0. The van der Waals surface area contributed by atoms with Crippen molar-refractivity contribution in [3.8, 4) is 0 Å². The highest BCUT2D eigenvalue weighted by Crippen LogP contribution is 2.26. The second kappa shape index (κ2) is 9.24. The van der Waals surface area contributed by atoms with Crippen LogP contribution >= 0.6 is 24.8 Å². The number of carboxylic acids is 1. The van der Waals surface area contributed by atoms with Crippen molar-refractivity contribution in [1.29, 1.82) is 0 Å². The number of nitrogens with zero attached hydrogens (tertiary/aromatic N) is 2. The first-order valence-corrected chi connectivity index (χ1v) is 6.91. The first-order chi connectivity index (χ1) is 8.66. The molecule has 0 saturated heterocycles. The first kappa shape index (κ1) is 19.3. The van der Waals surface area contributed by atoms with Gasteiger partial charge in [0.2, 0.25) is 0 Å². The number of imidazole rings is 1. The van der Waals surface area contributed by atoms with Crippen molar-refractivity contribution >= 4 is 30.8 Å². The molecule has 20 heavy (non-hydrogen) atoms. The first-order valence-electron chi connectivity index (χ1n) is 6.91. The normalized spacial score (nSPS) is 16.9. The van der Waals surface area contributed by atoms with Gasteiger partial charge in [-0.1, -0.05) is 32.1 Å². The third-order valence-corrected chi connectivity index (χ3v) is 3.99. The maximum Gasteiger partial charge on any atom is 0.312 e. The van der Waals surface area contributed by atoms with Crippen molar-refractivity contribution in [2.75, 3.05) is 0 Å². The van der Waals surface area contributed by atoms with Gasteiger partial charge in [0, 0.05) is 12.7 Å². The third kappa shape index (κ3) is 5.33. The molecule has 0 aliphatic heterocycles. The van der Waals surface area contributed by atoms with E-state index in [2.05, 4.69) is 4.98 Å². The third-order valence-electron chi connectivity index (χ3n) is 3.99. The van der Waals surface area contributed by atoms with Crippen LogP contribution in [0.3, 0.4) is 0 Å². The topological polar surface area (TPSA) is 55.1 Å². The summed E-state index contributed by atoms with van der Waals surface area (Å²) in [6, 6.07) is 0. The molecule has 6 heteroatoms. The molecule has 0 radical (unpaired) electrons. The molecule has 1 aliphatic carbocycles. The van der Waals surface area contributed by atoms with Crippen LogP contribution in [0.2, 0.25) is 0 Å². The van der Waals surface area contributed by atoms with Crippen LogP contribution in [-0.4, -0.2) is 20.6 Å². The molecule has 1 N–H and O–H groups in total. The number of aliphatic carboxylic acids is 1. The van der Waals surface area contributed by atoms with E-state index >= 15 is 0 Å². The summed E-state index contributed by atoms with van der Waals surface area (Å²) < 4.78 is 2.03. The van der Waals surface area contributed by atoms with Gasteiger partial charge >= 0.3 is 5.97 Å². The minimum Gasteiger partial charge on any atom is -0.481 e. The largest absolute Gasteiger partial charge is 0.481 e. The molecule has 0 spiro atoms. The summed E-state index contributed by atoms with van der Waals surface area (Å²) in [5.41, 5.74) is 0.658. The quantitative estimate of drug-likeness (QED) is 0.894. The lowest BCUT2D eigenvalue weighted by molar-refractivity contribution is -0.138. The molecule has 1 aliphatic rings. The van der Waals surface area contributed by atoms with E-state index in [9.17, 15) is 4.79 Å². The van der Waals surface area contributed by atoms with Crippen LogP contribution in [0.4, 0.5) is 0 Å². The summed E-state index contributed by atoms with van der Waals surface area (Å²) in [7, 11) is 0.